The Balaban J connectivity index is 2.19. The van der Waals surface area contributed by atoms with E-state index in [1.807, 2.05) is 0 Å². The summed E-state index contributed by atoms with van der Waals surface area (Å²) < 4.78 is 19.8. The number of halogens is 2. The average Bonchev–Trinajstić information content (AvgIpc) is 2.39. The fourth-order valence-electron chi connectivity index (χ4n) is 1.75. The molecule has 0 amide bonds. The SMILES string of the molecule is Cc1c(OCc2ccc(Br)cc2F)cccc1[N+](=O)[O-]. The molecule has 0 aliphatic rings. The van der Waals surface area contributed by atoms with Gasteiger partial charge in [0.25, 0.3) is 5.69 Å². The first-order valence-electron chi connectivity index (χ1n) is 5.80. The van der Waals surface area contributed by atoms with Crippen LogP contribution in [0, 0.1) is 22.9 Å². The normalized spacial score (nSPS) is 10.3. The van der Waals surface area contributed by atoms with Gasteiger partial charge in [-0.2, -0.15) is 0 Å². The number of nitrogens with zero attached hydrogens (tertiary/aromatic N) is 1. The topological polar surface area (TPSA) is 52.4 Å². The van der Waals surface area contributed by atoms with Crippen LogP contribution in [0.4, 0.5) is 10.1 Å². The minimum Gasteiger partial charge on any atom is -0.488 e. The minimum absolute atomic E-state index is 0.0150. The van der Waals surface area contributed by atoms with E-state index < -0.39 is 4.92 Å². The van der Waals surface area contributed by atoms with E-state index in [1.165, 1.54) is 12.1 Å². The molecule has 0 aromatic heterocycles. The summed E-state index contributed by atoms with van der Waals surface area (Å²) in [5.41, 5.74) is 0.799. The number of nitro groups is 1. The smallest absolute Gasteiger partial charge is 0.276 e. The molecule has 2 aromatic rings. The summed E-state index contributed by atoms with van der Waals surface area (Å²) in [7, 11) is 0. The van der Waals surface area contributed by atoms with Crippen molar-refractivity contribution in [1.29, 1.82) is 0 Å². The Morgan fingerprint density at radius 1 is 1.35 bits per heavy atom. The third-order valence-corrected chi connectivity index (χ3v) is 3.34. The van der Waals surface area contributed by atoms with E-state index in [1.54, 1.807) is 31.2 Å². The van der Waals surface area contributed by atoms with Crippen LogP contribution in [0.2, 0.25) is 0 Å². The van der Waals surface area contributed by atoms with Crippen molar-refractivity contribution in [3.05, 3.63) is 67.9 Å². The van der Waals surface area contributed by atoms with Crippen LogP contribution in [0.5, 0.6) is 5.75 Å². The first-order chi connectivity index (χ1) is 9.49. The lowest BCUT2D eigenvalue weighted by Gasteiger charge is -2.10. The Morgan fingerprint density at radius 2 is 2.10 bits per heavy atom. The van der Waals surface area contributed by atoms with Gasteiger partial charge in [-0.3, -0.25) is 10.1 Å². The third-order valence-electron chi connectivity index (χ3n) is 2.85. The second-order valence-corrected chi connectivity index (χ2v) is 5.10. The molecule has 104 valence electrons. The average molecular weight is 340 g/mol. The van der Waals surface area contributed by atoms with Crippen molar-refractivity contribution in [1.82, 2.24) is 0 Å². The van der Waals surface area contributed by atoms with Gasteiger partial charge in [-0.25, -0.2) is 4.39 Å². The summed E-state index contributed by atoms with van der Waals surface area (Å²) >= 11 is 3.17. The first kappa shape index (κ1) is 14.5. The highest BCUT2D eigenvalue weighted by atomic mass is 79.9. The Bertz CT molecular complexity index is 661. The molecule has 0 unspecified atom stereocenters. The molecule has 2 rings (SSSR count). The van der Waals surface area contributed by atoms with Gasteiger partial charge < -0.3 is 4.74 Å². The number of hydrogen-bond acceptors (Lipinski definition) is 3. The minimum atomic E-state index is -0.470. The second kappa shape index (κ2) is 6.00. The molecule has 0 heterocycles. The van der Waals surface area contributed by atoms with Gasteiger partial charge in [0, 0.05) is 16.1 Å². The molecule has 0 saturated carbocycles. The fourth-order valence-corrected chi connectivity index (χ4v) is 2.08. The quantitative estimate of drug-likeness (QED) is 0.613. The van der Waals surface area contributed by atoms with Gasteiger partial charge in [-0.1, -0.05) is 28.1 Å². The summed E-state index contributed by atoms with van der Waals surface area (Å²) in [4.78, 5) is 10.4. The molecule has 6 heteroatoms. The highest BCUT2D eigenvalue weighted by Crippen LogP contribution is 2.28. The van der Waals surface area contributed by atoms with E-state index in [9.17, 15) is 14.5 Å². The zero-order valence-electron chi connectivity index (χ0n) is 10.6. The summed E-state index contributed by atoms with van der Waals surface area (Å²) in [6.45, 7) is 1.62. The molecule has 20 heavy (non-hydrogen) atoms. The molecule has 0 atom stereocenters. The lowest BCUT2D eigenvalue weighted by atomic mass is 10.2. The maximum absolute atomic E-state index is 13.6. The third kappa shape index (κ3) is 3.14. The lowest BCUT2D eigenvalue weighted by Crippen LogP contribution is -2.01. The Labute approximate surface area is 123 Å². The van der Waals surface area contributed by atoms with Crippen LogP contribution in [-0.4, -0.2) is 4.92 Å². The standard InChI is InChI=1S/C14H11BrFNO3/c1-9-13(17(18)19)3-2-4-14(9)20-8-10-5-6-11(15)7-12(10)16/h2-7H,8H2,1H3. The number of rotatable bonds is 4. The maximum Gasteiger partial charge on any atom is 0.276 e. The van der Waals surface area contributed by atoms with Gasteiger partial charge in [0.1, 0.15) is 18.2 Å². The van der Waals surface area contributed by atoms with Gasteiger partial charge in [-0.15, -0.1) is 0 Å². The fraction of sp³-hybridized carbons (Fsp3) is 0.143. The predicted octanol–water partition coefficient (Wildman–Crippen LogP) is 4.38. The molecule has 0 bridgehead atoms. The van der Waals surface area contributed by atoms with Gasteiger partial charge in [0.15, 0.2) is 0 Å². The van der Waals surface area contributed by atoms with Crippen molar-refractivity contribution in [2.45, 2.75) is 13.5 Å². The first-order valence-corrected chi connectivity index (χ1v) is 6.59. The molecule has 0 radical (unpaired) electrons. The van der Waals surface area contributed by atoms with Gasteiger partial charge in [0.05, 0.1) is 10.5 Å². The van der Waals surface area contributed by atoms with E-state index >= 15 is 0 Å². The van der Waals surface area contributed by atoms with Crippen molar-refractivity contribution in [3.8, 4) is 5.75 Å². The largest absolute Gasteiger partial charge is 0.488 e. The molecule has 0 aliphatic heterocycles. The zero-order chi connectivity index (χ0) is 14.7. The number of benzene rings is 2. The second-order valence-electron chi connectivity index (χ2n) is 4.18. The van der Waals surface area contributed by atoms with Crippen molar-refractivity contribution in [3.63, 3.8) is 0 Å². The van der Waals surface area contributed by atoms with Gasteiger partial charge >= 0.3 is 0 Å². The Morgan fingerprint density at radius 3 is 2.75 bits per heavy atom. The van der Waals surface area contributed by atoms with E-state index in [4.69, 9.17) is 4.74 Å². The molecule has 0 aliphatic carbocycles. The van der Waals surface area contributed by atoms with Crippen LogP contribution in [0.1, 0.15) is 11.1 Å². The summed E-state index contributed by atoms with van der Waals surface area (Å²) in [5, 5.41) is 10.8. The van der Waals surface area contributed by atoms with Crippen molar-refractivity contribution in [2.24, 2.45) is 0 Å². The molecule has 0 spiro atoms. The molecular weight excluding hydrogens is 329 g/mol. The molecule has 4 nitrogen and oxygen atoms in total. The predicted molar refractivity (Wildman–Crippen MR) is 76.3 cm³/mol. The number of nitro benzene ring substituents is 1. The molecule has 0 saturated heterocycles. The van der Waals surface area contributed by atoms with E-state index in [0.717, 1.165) is 0 Å². The highest BCUT2D eigenvalue weighted by Gasteiger charge is 2.14. The van der Waals surface area contributed by atoms with Crippen molar-refractivity contribution >= 4 is 21.6 Å². The number of hydrogen-bond donors (Lipinski definition) is 0. The van der Waals surface area contributed by atoms with Crippen LogP contribution in [-0.2, 0) is 6.61 Å². The van der Waals surface area contributed by atoms with Crippen LogP contribution >= 0.6 is 15.9 Å². The van der Waals surface area contributed by atoms with Crippen LogP contribution in [0.3, 0.4) is 0 Å². The van der Waals surface area contributed by atoms with E-state index in [0.29, 0.717) is 21.3 Å². The molecule has 2 aromatic carbocycles. The summed E-state index contributed by atoms with van der Waals surface area (Å²) in [5.74, 6) is -0.0102. The van der Waals surface area contributed by atoms with Crippen LogP contribution < -0.4 is 4.74 Å². The number of ether oxygens (including phenoxy) is 1. The van der Waals surface area contributed by atoms with E-state index in [-0.39, 0.29) is 18.1 Å². The van der Waals surface area contributed by atoms with Crippen LogP contribution in [0.25, 0.3) is 0 Å². The van der Waals surface area contributed by atoms with Gasteiger partial charge in [-0.05, 0) is 25.1 Å². The lowest BCUT2D eigenvalue weighted by molar-refractivity contribution is -0.385. The summed E-state index contributed by atoms with van der Waals surface area (Å²) in [6, 6.07) is 9.23. The summed E-state index contributed by atoms with van der Waals surface area (Å²) in [6.07, 6.45) is 0. The maximum atomic E-state index is 13.6. The van der Waals surface area contributed by atoms with Crippen molar-refractivity contribution in [2.75, 3.05) is 0 Å². The Hall–Kier alpha value is -1.95. The molecule has 0 N–H and O–H groups in total. The zero-order valence-corrected chi connectivity index (χ0v) is 12.2. The molecule has 0 fully saturated rings. The highest BCUT2D eigenvalue weighted by molar-refractivity contribution is 9.10. The monoisotopic (exact) mass is 339 g/mol. The van der Waals surface area contributed by atoms with Gasteiger partial charge in [0.2, 0.25) is 0 Å². The van der Waals surface area contributed by atoms with E-state index in [2.05, 4.69) is 15.9 Å². The Kier molecular flexibility index (Phi) is 4.34. The van der Waals surface area contributed by atoms with Crippen LogP contribution in [0.15, 0.2) is 40.9 Å². The van der Waals surface area contributed by atoms with Crippen molar-refractivity contribution < 1.29 is 14.1 Å². The molecular formula is C14H11BrFNO3.